The fraction of sp³-hybridized carbons (Fsp3) is 0.636. The minimum atomic E-state index is 0.234. The van der Waals surface area contributed by atoms with Crippen molar-refractivity contribution < 1.29 is 18.9 Å². The van der Waals surface area contributed by atoms with Gasteiger partial charge in [0.2, 0.25) is 0 Å². The molecular formula is C11H14Br2O4S. The molecule has 0 atom stereocenters. The van der Waals surface area contributed by atoms with Gasteiger partial charge in [0.05, 0.1) is 39.0 Å². The molecule has 2 rings (SSSR count). The summed E-state index contributed by atoms with van der Waals surface area (Å²) in [4.78, 5) is 0. The van der Waals surface area contributed by atoms with Crippen molar-refractivity contribution in [3.63, 3.8) is 0 Å². The number of hydrogen-bond acceptors (Lipinski definition) is 5. The van der Waals surface area contributed by atoms with E-state index in [9.17, 15) is 0 Å². The molecule has 1 aromatic rings. The topological polar surface area (TPSA) is 36.9 Å². The number of rotatable bonds is 5. The Hall–Kier alpha value is 0.180. The average Bonchev–Trinajstić information content (AvgIpc) is 2.54. The zero-order chi connectivity index (χ0) is 13.0. The summed E-state index contributed by atoms with van der Waals surface area (Å²) in [7, 11) is 1.66. The number of methoxy groups -OCH3 is 1. The molecule has 0 amide bonds. The standard InChI is InChI=1S/C11H14Br2O4S/c1-14-2-3-15-4-7-5-16-8-9(17-6-7)11(13)18-10(8)12/h7H,2-6H2,1H3. The van der Waals surface area contributed by atoms with Crippen LogP contribution in [0.2, 0.25) is 0 Å². The van der Waals surface area contributed by atoms with Gasteiger partial charge in [-0.1, -0.05) is 0 Å². The third kappa shape index (κ3) is 3.60. The van der Waals surface area contributed by atoms with Gasteiger partial charge >= 0.3 is 0 Å². The fourth-order valence-corrected chi connectivity index (χ4v) is 4.39. The van der Waals surface area contributed by atoms with Gasteiger partial charge in [-0.3, -0.25) is 0 Å². The maximum atomic E-state index is 5.77. The third-order valence-corrected chi connectivity index (χ3v) is 4.88. The summed E-state index contributed by atoms with van der Waals surface area (Å²) in [5, 5.41) is 0. The van der Waals surface area contributed by atoms with Crippen LogP contribution in [-0.4, -0.2) is 40.1 Å². The van der Waals surface area contributed by atoms with Crippen molar-refractivity contribution >= 4 is 43.2 Å². The molecule has 0 fully saturated rings. The molecular weight excluding hydrogens is 388 g/mol. The summed E-state index contributed by atoms with van der Waals surface area (Å²) in [5.74, 6) is 1.80. The van der Waals surface area contributed by atoms with Gasteiger partial charge in [-0.25, -0.2) is 0 Å². The molecule has 4 nitrogen and oxygen atoms in total. The van der Waals surface area contributed by atoms with Crippen LogP contribution in [0.5, 0.6) is 11.5 Å². The molecule has 0 radical (unpaired) electrons. The van der Waals surface area contributed by atoms with Gasteiger partial charge in [-0.2, -0.15) is 0 Å². The van der Waals surface area contributed by atoms with Gasteiger partial charge < -0.3 is 18.9 Å². The summed E-state index contributed by atoms with van der Waals surface area (Å²) in [6.45, 7) is 3.02. The number of ether oxygens (including phenoxy) is 4. The van der Waals surface area contributed by atoms with E-state index >= 15 is 0 Å². The molecule has 1 aromatic heterocycles. The lowest BCUT2D eigenvalue weighted by molar-refractivity contribution is 0.0331. The Bertz CT molecular complexity index is 368. The lowest BCUT2D eigenvalue weighted by Gasteiger charge is -2.13. The first kappa shape index (κ1) is 14.6. The Morgan fingerprint density at radius 2 is 1.78 bits per heavy atom. The lowest BCUT2D eigenvalue weighted by Crippen LogP contribution is -2.23. The molecule has 0 aliphatic carbocycles. The normalized spacial score (nSPS) is 15.7. The van der Waals surface area contributed by atoms with E-state index in [4.69, 9.17) is 18.9 Å². The average molecular weight is 402 g/mol. The van der Waals surface area contributed by atoms with E-state index in [1.54, 1.807) is 18.4 Å². The Morgan fingerprint density at radius 1 is 1.17 bits per heavy atom. The zero-order valence-corrected chi connectivity index (χ0v) is 13.9. The highest BCUT2D eigenvalue weighted by atomic mass is 79.9. The Labute approximate surface area is 127 Å². The summed E-state index contributed by atoms with van der Waals surface area (Å²) >= 11 is 8.49. The molecule has 102 valence electrons. The van der Waals surface area contributed by atoms with Gasteiger partial charge in [-0.05, 0) is 31.9 Å². The van der Waals surface area contributed by atoms with E-state index in [2.05, 4.69) is 31.9 Å². The second-order valence-corrected chi connectivity index (χ2v) is 7.52. The van der Waals surface area contributed by atoms with Crippen LogP contribution in [0.25, 0.3) is 0 Å². The van der Waals surface area contributed by atoms with E-state index in [1.807, 2.05) is 0 Å². The maximum absolute atomic E-state index is 5.77. The fourth-order valence-electron chi connectivity index (χ4n) is 1.53. The molecule has 2 heterocycles. The van der Waals surface area contributed by atoms with Crippen molar-refractivity contribution in [3.05, 3.63) is 7.57 Å². The van der Waals surface area contributed by atoms with E-state index in [0.717, 1.165) is 19.1 Å². The monoisotopic (exact) mass is 400 g/mol. The smallest absolute Gasteiger partial charge is 0.187 e. The molecule has 0 bridgehead atoms. The lowest BCUT2D eigenvalue weighted by atomic mass is 10.2. The summed E-state index contributed by atoms with van der Waals surface area (Å²) in [5.41, 5.74) is 0. The molecule has 0 unspecified atom stereocenters. The zero-order valence-electron chi connectivity index (χ0n) is 9.91. The minimum Gasteiger partial charge on any atom is -0.487 e. The van der Waals surface area contributed by atoms with Crippen LogP contribution < -0.4 is 9.47 Å². The molecule has 0 aromatic carbocycles. The highest BCUT2D eigenvalue weighted by Gasteiger charge is 2.25. The highest BCUT2D eigenvalue weighted by molar-refractivity contribution is 9.12. The van der Waals surface area contributed by atoms with Crippen LogP contribution in [0.3, 0.4) is 0 Å². The Kier molecular flexibility index (Phi) is 5.75. The number of thiophene rings is 1. The summed E-state index contributed by atoms with van der Waals surface area (Å²) in [6.07, 6.45) is 0. The predicted octanol–water partition coefficient (Wildman–Crippen LogP) is 3.32. The number of fused-ring (bicyclic) bond motifs is 1. The van der Waals surface area contributed by atoms with Gasteiger partial charge in [-0.15, -0.1) is 11.3 Å². The Balaban J connectivity index is 1.86. The first-order valence-corrected chi connectivity index (χ1v) is 7.92. The summed E-state index contributed by atoms with van der Waals surface area (Å²) in [6, 6.07) is 0. The highest BCUT2D eigenvalue weighted by Crippen LogP contribution is 2.49. The van der Waals surface area contributed by atoms with Crippen molar-refractivity contribution in [2.75, 3.05) is 40.1 Å². The SMILES string of the molecule is COCCOCC1COc2c(Br)sc(Br)c2OC1. The van der Waals surface area contributed by atoms with Crippen LogP contribution in [0, 0.1) is 5.92 Å². The van der Waals surface area contributed by atoms with Crippen LogP contribution in [0.15, 0.2) is 7.57 Å². The van der Waals surface area contributed by atoms with E-state index < -0.39 is 0 Å². The van der Waals surface area contributed by atoms with E-state index in [-0.39, 0.29) is 5.92 Å². The van der Waals surface area contributed by atoms with Gasteiger partial charge in [0.25, 0.3) is 0 Å². The Morgan fingerprint density at radius 3 is 2.33 bits per heavy atom. The number of hydrogen-bond donors (Lipinski definition) is 0. The predicted molar refractivity (Wildman–Crippen MR) is 76.9 cm³/mol. The quantitative estimate of drug-likeness (QED) is 0.709. The molecule has 1 aliphatic rings. The van der Waals surface area contributed by atoms with E-state index in [0.29, 0.717) is 33.0 Å². The minimum absolute atomic E-state index is 0.234. The first-order chi connectivity index (χ1) is 8.72. The second kappa shape index (κ2) is 7.09. The number of halogens is 2. The van der Waals surface area contributed by atoms with Gasteiger partial charge in [0.1, 0.15) is 7.57 Å². The molecule has 7 heteroatoms. The summed E-state index contributed by atoms with van der Waals surface area (Å²) < 4.78 is 23.9. The molecule has 0 saturated heterocycles. The molecule has 0 saturated carbocycles. The van der Waals surface area contributed by atoms with Crippen molar-refractivity contribution in [1.29, 1.82) is 0 Å². The van der Waals surface area contributed by atoms with Crippen LogP contribution >= 0.6 is 43.2 Å². The van der Waals surface area contributed by atoms with Crippen molar-refractivity contribution in [2.45, 2.75) is 0 Å². The van der Waals surface area contributed by atoms with Crippen LogP contribution in [0.4, 0.5) is 0 Å². The third-order valence-electron chi connectivity index (χ3n) is 2.45. The first-order valence-electron chi connectivity index (χ1n) is 5.52. The second-order valence-electron chi connectivity index (χ2n) is 3.86. The molecule has 0 spiro atoms. The maximum Gasteiger partial charge on any atom is 0.187 e. The van der Waals surface area contributed by atoms with Crippen LogP contribution in [-0.2, 0) is 9.47 Å². The molecule has 1 aliphatic heterocycles. The van der Waals surface area contributed by atoms with Crippen molar-refractivity contribution in [1.82, 2.24) is 0 Å². The molecule has 18 heavy (non-hydrogen) atoms. The van der Waals surface area contributed by atoms with Crippen molar-refractivity contribution in [2.24, 2.45) is 5.92 Å². The molecule has 0 N–H and O–H groups in total. The largest absolute Gasteiger partial charge is 0.487 e. The van der Waals surface area contributed by atoms with Crippen molar-refractivity contribution in [3.8, 4) is 11.5 Å². The van der Waals surface area contributed by atoms with E-state index in [1.165, 1.54) is 0 Å². The van der Waals surface area contributed by atoms with Crippen LogP contribution in [0.1, 0.15) is 0 Å². The van der Waals surface area contributed by atoms with Gasteiger partial charge in [0.15, 0.2) is 11.5 Å². The van der Waals surface area contributed by atoms with Gasteiger partial charge in [0, 0.05) is 7.11 Å².